The summed E-state index contributed by atoms with van der Waals surface area (Å²) in [6, 6.07) is 0.716. The largest absolute Gasteiger partial charge is 0.392 e. The highest BCUT2D eigenvalue weighted by molar-refractivity contribution is 4.84. The number of aliphatic hydroxyl groups excluding tert-OH is 1. The number of likely N-dealkylation sites (tertiary alicyclic amines) is 1. The van der Waals surface area contributed by atoms with Crippen molar-refractivity contribution in [3.63, 3.8) is 0 Å². The molecule has 3 atom stereocenters. The Bertz CT molecular complexity index is 152. The Morgan fingerprint density at radius 3 is 2.92 bits per heavy atom. The molecule has 3 nitrogen and oxygen atoms in total. The lowest BCUT2D eigenvalue weighted by atomic mass is 9.98. The van der Waals surface area contributed by atoms with Gasteiger partial charge in [0.15, 0.2) is 0 Å². The zero-order valence-electron chi connectivity index (χ0n) is 8.74. The highest BCUT2D eigenvalue weighted by Crippen LogP contribution is 2.16. The van der Waals surface area contributed by atoms with Crippen LogP contribution in [0.4, 0.5) is 0 Å². The van der Waals surface area contributed by atoms with Gasteiger partial charge in [0.05, 0.1) is 6.10 Å². The van der Waals surface area contributed by atoms with E-state index in [-0.39, 0.29) is 12.1 Å². The maximum Gasteiger partial charge on any atom is 0.0664 e. The van der Waals surface area contributed by atoms with Crippen LogP contribution in [0.1, 0.15) is 33.1 Å². The van der Waals surface area contributed by atoms with E-state index in [1.54, 1.807) is 0 Å². The van der Waals surface area contributed by atoms with Crippen molar-refractivity contribution in [3.05, 3.63) is 0 Å². The molecule has 1 aliphatic heterocycles. The Balaban J connectivity index is 2.39. The molecule has 0 aromatic rings. The first kappa shape index (κ1) is 11.0. The second kappa shape index (κ2) is 4.94. The summed E-state index contributed by atoms with van der Waals surface area (Å²) in [7, 11) is 0. The summed E-state index contributed by atoms with van der Waals surface area (Å²) < 4.78 is 0. The third-order valence-corrected chi connectivity index (χ3v) is 3.09. The van der Waals surface area contributed by atoms with Crippen LogP contribution < -0.4 is 5.73 Å². The van der Waals surface area contributed by atoms with E-state index in [1.807, 2.05) is 6.92 Å². The zero-order valence-corrected chi connectivity index (χ0v) is 8.74. The first-order valence-corrected chi connectivity index (χ1v) is 5.32. The summed E-state index contributed by atoms with van der Waals surface area (Å²) >= 11 is 0. The highest BCUT2D eigenvalue weighted by atomic mass is 16.3. The first-order chi connectivity index (χ1) is 6.15. The van der Waals surface area contributed by atoms with Gasteiger partial charge in [-0.2, -0.15) is 0 Å². The maximum atomic E-state index is 9.53. The average Bonchev–Trinajstić information content (AvgIpc) is 2.13. The number of rotatable bonds is 3. The molecule has 0 aromatic heterocycles. The van der Waals surface area contributed by atoms with Gasteiger partial charge in [-0.25, -0.2) is 0 Å². The molecule has 0 amide bonds. The number of β-amino-alcohol motifs (C(OH)–C–C–N with tert-alkyl or cyclic N) is 1. The van der Waals surface area contributed by atoms with Gasteiger partial charge in [-0.15, -0.1) is 0 Å². The highest BCUT2D eigenvalue weighted by Gasteiger charge is 2.25. The lowest BCUT2D eigenvalue weighted by Crippen LogP contribution is -2.52. The molecule has 1 heterocycles. The number of piperidine rings is 1. The van der Waals surface area contributed by atoms with E-state index in [0.29, 0.717) is 6.04 Å². The van der Waals surface area contributed by atoms with Crippen molar-refractivity contribution in [2.75, 3.05) is 13.1 Å². The van der Waals surface area contributed by atoms with Gasteiger partial charge in [0.2, 0.25) is 0 Å². The quantitative estimate of drug-likeness (QED) is 0.677. The topological polar surface area (TPSA) is 49.5 Å². The van der Waals surface area contributed by atoms with Gasteiger partial charge in [-0.1, -0.05) is 6.92 Å². The number of aliphatic hydroxyl groups is 1. The molecule has 0 spiro atoms. The summed E-state index contributed by atoms with van der Waals surface area (Å²) in [6.07, 6.45) is 2.94. The van der Waals surface area contributed by atoms with Crippen molar-refractivity contribution in [1.29, 1.82) is 0 Å². The van der Waals surface area contributed by atoms with Gasteiger partial charge >= 0.3 is 0 Å². The normalized spacial score (nSPS) is 33.2. The summed E-state index contributed by atoms with van der Waals surface area (Å²) in [5.74, 6) is 0. The van der Waals surface area contributed by atoms with Crippen molar-refractivity contribution < 1.29 is 5.11 Å². The van der Waals surface area contributed by atoms with Crippen LogP contribution in [0.3, 0.4) is 0 Å². The molecule has 0 saturated carbocycles. The van der Waals surface area contributed by atoms with Crippen LogP contribution in [0.2, 0.25) is 0 Å². The first-order valence-electron chi connectivity index (χ1n) is 5.32. The minimum atomic E-state index is -0.187. The molecular formula is C10H22N2O. The fraction of sp³-hybridized carbons (Fsp3) is 1.00. The molecule has 1 saturated heterocycles. The van der Waals surface area contributed by atoms with E-state index in [2.05, 4.69) is 11.8 Å². The lowest BCUT2D eigenvalue weighted by molar-refractivity contribution is 0.0634. The molecule has 1 fully saturated rings. The molecule has 0 aromatic carbocycles. The van der Waals surface area contributed by atoms with E-state index in [1.165, 1.54) is 6.42 Å². The van der Waals surface area contributed by atoms with Crippen LogP contribution >= 0.6 is 0 Å². The summed E-state index contributed by atoms with van der Waals surface area (Å²) in [4.78, 5) is 2.31. The molecule has 3 heteroatoms. The van der Waals surface area contributed by atoms with E-state index in [4.69, 9.17) is 5.73 Å². The van der Waals surface area contributed by atoms with Crippen LogP contribution in [-0.2, 0) is 0 Å². The molecule has 3 N–H and O–H groups in total. The van der Waals surface area contributed by atoms with Gasteiger partial charge in [0.1, 0.15) is 0 Å². The number of nitrogens with two attached hydrogens (primary N) is 1. The third-order valence-electron chi connectivity index (χ3n) is 3.09. The second-order valence-corrected chi connectivity index (χ2v) is 4.10. The van der Waals surface area contributed by atoms with E-state index in [0.717, 1.165) is 25.9 Å². The number of hydrogen-bond acceptors (Lipinski definition) is 3. The molecule has 78 valence electrons. The van der Waals surface area contributed by atoms with Crippen molar-refractivity contribution in [2.24, 2.45) is 5.73 Å². The van der Waals surface area contributed by atoms with E-state index in [9.17, 15) is 5.11 Å². The van der Waals surface area contributed by atoms with Crippen LogP contribution in [0.25, 0.3) is 0 Å². The van der Waals surface area contributed by atoms with Gasteiger partial charge in [-0.3, -0.25) is 4.90 Å². The van der Waals surface area contributed by atoms with Crippen molar-refractivity contribution in [1.82, 2.24) is 4.90 Å². The molecule has 0 unspecified atom stereocenters. The second-order valence-electron chi connectivity index (χ2n) is 4.10. The molecule has 1 aliphatic rings. The van der Waals surface area contributed by atoms with Crippen molar-refractivity contribution in [2.45, 2.75) is 51.3 Å². The van der Waals surface area contributed by atoms with Gasteiger partial charge in [0.25, 0.3) is 0 Å². The van der Waals surface area contributed by atoms with Crippen LogP contribution in [-0.4, -0.2) is 41.3 Å². The summed E-state index contributed by atoms with van der Waals surface area (Å²) in [6.45, 7) is 6.04. The Hall–Kier alpha value is -0.120. The monoisotopic (exact) mass is 186 g/mol. The van der Waals surface area contributed by atoms with Crippen LogP contribution in [0.15, 0.2) is 0 Å². The number of hydrogen-bond donors (Lipinski definition) is 2. The smallest absolute Gasteiger partial charge is 0.0664 e. The molecule has 0 radical (unpaired) electrons. The Labute approximate surface area is 80.9 Å². The van der Waals surface area contributed by atoms with Gasteiger partial charge in [0, 0.05) is 18.6 Å². The lowest BCUT2D eigenvalue weighted by Gasteiger charge is -2.38. The van der Waals surface area contributed by atoms with E-state index >= 15 is 0 Å². The molecular weight excluding hydrogens is 164 g/mol. The van der Waals surface area contributed by atoms with Crippen LogP contribution in [0, 0.1) is 0 Å². The van der Waals surface area contributed by atoms with Gasteiger partial charge in [-0.05, 0) is 32.7 Å². The minimum absolute atomic E-state index is 0.187. The average molecular weight is 186 g/mol. The standard InChI is InChI=1S/C10H22N2O/c1-3-9(13)7-12-6-4-5-10(11)8(12)2/h8-10,13H,3-7,11H2,1-2H3/t8-,9+,10-/m1/s1. The van der Waals surface area contributed by atoms with Gasteiger partial charge < -0.3 is 10.8 Å². The van der Waals surface area contributed by atoms with Crippen LogP contribution in [0.5, 0.6) is 0 Å². The fourth-order valence-corrected chi connectivity index (χ4v) is 1.90. The minimum Gasteiger partial charge on any atom is -0.392 e. The Kier molecular flexibility index (Phi) is 4.16. The predicted octanol–water partition coefficient (Wildman–Crippen LogP) is 0.569. The maximum absolute atomic E-state index is 9.53. The SMILES string of the molecule is CC[C@H](O)CN1CCC[C@@H](N)[C@H]1C. The van der Waals surface area contributed by atoms with Crippen molar-refractivity contribution >= 4 is 0 Å². The molecule has 13 heavy (non-hydrogen) atoms. The van der Waals surface area contributed by atoms with Crippen molar-refractivity contribution in [3.8, 4) is 0 Å². The third kappa shape index (κ3) is 2.93. The fourth-order valence-electron chi connectivity index (χ4n) is 1.90. The van der Waals surface area contributed by atoms with E-state index < -0.39 is 0 Å². The predicted molar refractivity (Wildman–Crippen MR) is 54.5 cm³/mol. The number of nitrogens with zero attached hydrogens (tertiary/aromatic N) is 1. The summed E-state index contributed by atoms with van der Waals surface area (Å²) in [5.41, 5.74) is 5.96. The molecule has 0 aliphatic carbocycles. The molecule has 1 rings (SSSR count). The zero-order chi connectivity index (χ0) is 9.84. The Morgan fingerprint density at radius 2 is 2.31 bits per heavy atom. The summed E-state index contributed by atoms with van der Waals surface area (Å²) in [5, 5.41) is 9.53. The molecule has 0 bridgehead atoms. The Morgan fingerprint density at radius 1 is 1.62 bits per heavy atom.